The van der Waals surface area contributed by atoms with Gasteiger partial charge in [-0.25, -0.2) is 0 Å². The van der Waals surface area contributed by atoms with Gasteiger partial charge in [-0.05, 0) is 25.5 Å². The summed E-state index contributed by atoms with van der Waals surface area (Å²) < 4.78 is 0. The highest BCUT2D eigenvalue weighted by Gasteiger charge is 1.98. The van der Waals surface area contributed by atoms with Crippen molar-refractivity contribution in [2.75, 3.05) is 25.6 Å². The van der Waals surface area contributed by atoms with E-state index >= 15 is 0 Å². The average Bonchev–Trinajstić information content (AvgIpc) is 2.25. The lowest BCUT2D eigenvalue weighted by Crippen LogP contribution is -1.94. The van der Waals surface area contributed by atoms with Crippen molar-refractivity contribution in [1.29, 1.82) is 0 Å². The Morgan fingerprint density at radius 2 is 1.53 bits per heavy atom. The van der Waals surface area contributed by atoms with Gasteiger partial charge in [-0.1, -0.05) is 30.3 Å². The third kappa shape index (κ3) is 2.60. The SMILES string of the molecule is CNC.Nc1ccc2ccccc2c1N. The fraction of sp³-hybridized carbons (Fsp3) is 0.167. The summed E-state index contributed by atoms with van der Waals surface area (Å²) in [6, 6.07) is 11.7. The minimum atomic E-state index is 0.647. The lowest BCUT2D eigenvalue weighted by atomic mass is 10.1. The van der Waals surface area contributed by atoms with Gasteiger partial charge in [-0.3, -0.25) is 0 Å². The van der Waals surface area contributed by atoms with E-state index in [0.717, 1.165) is 10.8 Å². The number of hydrogen-bond acceptors (Lipinski definition) is 3. The standard InChI is InChI=1S/C10H10N2.C2H7N/c11-9-6-5-7-3-1-2-4-8(7)10(9)12;1-3-2/h1-6H,11-12H2;3H,1-2H3. The summed E-state index contributed by atoms with van der Waals surface area (Å²) in [6.45, 7) is 0. The van der Waals surface area contributed by atoms with Gasteiger partial charge in [0.1, 0.15) is 0 Å². The second kappa shape index (κ2) is 5.22. The molecular formula is C12H17N3. The molecule has 0 spiro atoms. The van der Waals surface area contributed by atoms with Crippen molar-refractivity contribution in [2.24, 2.45) is 0 Å². The van der Waals surface area contributed by atoms with E-state index in [1.165, 1.54) is 0 Å². The first-order chi connectivity index (χ1) is 7.20. The lowest BCUT2D eigenvalue weighted by molar-refractivity contribution is 1.02. The first-order valence-electron chi connectivity index (χ1n) is 4.82. The van der Waals surface area contributed by atoms with Gasteiger partial charge in [0.2, 0.25) is 0 Å². The van der Waals surface area contributed by atoms with Gasteiger partial charge < -0.3 is 16.8 Å². The summed E-state index contributed by atoms with van der Waals surface area (Å²) in [7, 11) is 3.75. The van der Waals surface area contributed by atoms with Crippen molar-refractivity contribution >= 4 is 22.1 Å². The largest absolute Gasteiger partial charge is 0.397 e. The molecule has 0 saturated carbocycles. The molecule has 0 atom stereocenters. The van der Waals surface area contributed by atoms with E-state index in [1.807, 2.05) is 50.5 Å². The van der Waals surface area contributed by atoms with Crippen LogP contribution in [0.5, 0.6) is 0 Å². The first-order valence-corrected chi connectivity index (χ1v) is 4.82. The van der Waals surface area contributed by atoms with Crippen molar-refractivity contribution < 1.29 is 0 Å². The topological polar surface area (TPSA) is 64.1 Å². The molecule has 0 fully saturated rings. The molecule has 0 aromatic heterocycles. The molecule has 0 unspecified atom stereocenters. The second-order valence-corrected chi connectivity index (χ2v) is 3.29. The summed E-state index contributed by atoms with van der Waals surface area (Å²) in [5.41, 5.74) is 12.8. The maximum Gasteiger partial charge on any atom is 0.0627 e. The van der Waals surface area contributed by atoms with Crippen LogP contribution in [0.4, 0.5) is 11.4 Å². The van der Waals surface area contributed by atoms with Crippen LogP contribution in [0.2, 0.25) is 0 Å². The Bertz CT molecular complexity index is 438. The van der Waals surface area contributed by atoms with Crippen molar-refractivity contribution in [3.63, 3.8) is 0 Å². The molecule has 5 N–H and O–H groups in total. The number of nitrogens with two attached hydrogens (primary N) is 2. The lowest BCUT2D eigenvalue weighted by Gasteiger charge is -2.03. The normalized spacial score (nSPS) is 9.47. The Hall–Kier alpha value is -1.74. The fourth-order valence-electron chi connectivity index (χ4n) is 1.31. The molecule has 2 aromatic carbocycles. The summed E-state index contributed by atoms with van der Waals surface area (Å²) in [5.74, 6) is 0. The van der Waals surface area contributed by atoms with E-state index in [1.54, 1.807) is 0 Å². The predicted molar refractivity (Wildman–Crippen MR) is 67.8 cm³/mol. The van der Waals surface area contributed by atoms with Gasteiger partial charge in [0, 0.05) is 5.39 Å². The molecular weight excluding hydrogens is 186 g/mol. The van der Waals surface area contributed by atoms with Crippen LogP contribution in [0.1, 0.15) is 0 Å². The molecule has 3 heteroatoms. The zero-order chi connectivity index (χ0) is 11.3. The molecule has 15 heavy (non-hydrogen) atoms. The minimum absolute atomic E-state index is 0.647. The van der Waals surface area contributed by atoms with Crippen LogP contribution in [0.3, 0.4) is 0 Å². The molecule has 2 aromatic rings. The Morgan fingerprint density at radius 1 is 0.933 bits per heavy atom. The van der Waals surface area contributed by atoms with Crippen LogP contribution in [-0.2, 0) is 0 Å². The monoisotopic (exact) mass is 203 g/mol. The smallest absolute Gasteiger partial charge is 0.0627 e. The molecule has 0 amide bonds. The molecule has 2 rings (SSSR count). The molecule has 0 aliphatic heterocycles. The Balaban J connectivity index is 0.000000337. The third-order valence-electron chi connectivity index (χ3n) is 2.00. The third-order valence-corrected chi connectivity index (χ3v) is 2.00. The van der Waals surface area contributed by atoms with Crippen LogP contribution in [0.15, 0.2) is 36.4 Å². The number of nitrogen functional groups attached to an aromatic ring is 2. The summed E-state index contributed by atoms with van der Waals surface area (Å²) in [4.78, 5) is 0. The summed E-state index contributed by atoms with van der Waals surface area (Å²) in [6.07, 6.45) is 0. The average molecular weight is 203 g/mol. The van der Waals surface area contributed by atoms with Gasteiger partial charge in [0.15, 0.2) is 0 Å². The molecule has 0 aliphatic carbocycles. The quantitative estimate of drug-likeness (QED) is 0.572. The van der Waals surface area contributed by atoms with Crippen LogP contribution in [0.25, 0.3) is 10.8 Å². The number of nitrogens with one attached hydrogen (secondary N) is 1. The van der Waals surface area contributed by atoms with Crippen LogP contribution >= 0.6 is 0 Å². The summed E-state index contributed by atoms with van der Waals surface area (Å²) in [5, 5.41) is 4.90. The van der Waals surface area contributed by atoms with Gasteiger partial charge in [-0.2, -0.15) is 0 Å². The van der Waals surface area contributed by atoms with E-state index in [9.17, 15) is 0 Å². The van der Waals surface area contributed by atoms with Crippen molar-refractivity contribution in [2.45, 2.75) is 0 Å². The Kier molecular flexibility index (Phi) is 3.94. The first kappa shape index (κ1) is 11.3. The molecule has 0 heterocycles. The Morgan fingerprint density at radius 3 is 2.20 bits per heavy atom. The molecule has 0 aliphatic rings. The van der Waals surface area contributed by atoms with Gasteiger partial charge in [0.25, 0.3) is 0 Å². The number of hydrogen-bond donors (Lipinski definition) is 3. The van der Waals surface area contributed by atoms with Crippen molar-refractivity contribution in [3.8, 4) is 0 Å². The van der Waals surface area contributed by atoms with Crippen LogP contribution < -0.4 is 16.8 Å². The number of anilines is 2. The van der Waals surface area contributed by atoms with Gasteiger partial charge in [0.05, 0.1) is 11.4 Å². The second-order valence-electron chi connectivity index (χ2n) is 3.29. The highest BCUT2D eigenvalue weighted by atomic mass is 14.7. The predicted octanol–water partition coefficient (Wildman–Crippen LogP) is 1.84. The maximum atomic E-state index is 5.79. The maximum absolute atomic E-state index is 5.79. The number of fused-ring (bicyclic) bond motifs is 1. The van der Waals surface area contributed by atoms with Crippen LogP contribution in [0, 0.1) is 0 Å². The van der Waals surface area contributed by atoms with E-state index in [0.29, 0.717) is 11.4 Å². The Labute approximate surface area is 90.1 Å². The summed E-state index contributed by atoms with van der Waals surface area (Å²) >= 11 is 0. The molecule has 3 nitrogen and oxygen atoms in total. The highest BCUT2D eigenvalue weighted by molar-refractivity contribution is 5.98. The number of rotatable bonds is 0. The van der Waals surface area contributed by atoms with Crippen molar-refractivity contribution in [3.05, 3.63) is 36.4 Å². The van der Waals surface area contributed by atoms with Crippen LogP contribution in [-0.4, -0.2) is 14.1 Å². The van der Waals surface area contributed by atoms with E-state index in [4.69, 9.17) is 11.5 Å². The minimum Gasteiger partial charge on any atom is -0.397 e. The zero-order valence-electron chi connectivity index (χ0n) is 9.12. The van der Waals surface area contributed by atoms with E-state index in [2.05, 4.69) is 5.32 Å². The molecule has 0 saturated heterocycles. The zero-order valence-corrected chi connectivity index (χ0v) is 9.12. The molecule has 80 valence electrons. The van der Waals surface area contributed by atoms with Crippen molar-refractivity contribution in [1.82, 2.24) is 5.32 Å². The van der Waals surface area contributed by atoms with Gasteiger partial charge in [-0.15, -0.1) is 0 Å². The van der Waals surface area contributed by atoms with E-state index in [-0.39, 0.29) is 0 Å². The molecule has 0 radical (unpaired) electrons. The van der Waals surface area contributed by atoms with Gasteiger partial charge >= 0.3 is 0 Å². The highest BCUT2D eigenvalue weighted by Crippen LogP contribution is 2.25. The number of benzene rings is 2. The molecule has 0 bridgehead atoms. The van der Waals surface area contributed by atoms with E-state index < -0.39 is 0 Å². The fourth-order valence-corrected chi connectivity index (χ4v) is 1.31.